The number of ether oxygens (including phenoxy) is 1. The van der Waals surface area contributed by atoms with E-state index in [9.17, 15) is 0 Å². The smallest absolute Gasteiger partial charge is 0.203 e. The van der Waals surface area contributed by atoms with Crippen molar-refractivity contribution < 1.29 is 4.74 Å². The highest BCUT2D eigenvalue weighted by Gasteiger charge is 2.34. The Kier molecular flexibility index (Phi) is 5.68. The molecule has 0 atom stereocenters. The van der Waals surface area contributed by atoms with Crippen molar-refractivity contribution in [2.75, 3.05) is 25.6 Å². The van der Waals surface area contributed by atoms with Crippen LogP contribution in [0, 0.1) is 18.3 Å². The average Bonchev–Trinajstić information content (AvgIpc) is 3.01. The molecule has 4 heteroatoms. The van der Waals surface area contributed by atoms with Crippen LogP contribution >= 0.6 is 0 Å². The van der Waals surface area contributed by atoms with Crippen molar-refractivity contribution in [1.82, 2.24) is 9.55 Å². The zero-order chi connectivity index (χ0) is 15.3. The molecular weight excluding hydrogens is 262 g/mol. The van der Waals surface area contributed by atoms with Crippen molar-refractivity contribution in [3.8, 4) is 0 Å². The molecule has 0 aliphatic heterocycles. The molecule has 1 saturated carbocycles. The molecule has 1 fully saturated rings. The summed E-state index contributed by atoms with van der Waals surface area (Å²) >= 11 is 0. The number of imidazole rings is 1. The molecule has 1 N–H and O–H groups in total. The van der Waals surface area contributed by atoms with Crippen LogP contribution in [0.5, 0.6) is 0 Å². The second-order valence-electron chi connectivity index (χ2n) is 7.05. The largest absolute Gasteiger partial charge is 0.383 e. The standard InChI is InChI=1S/C17H31N3O/c1-14(2)11-17(7-5-6-8-17)13-18-16-19-15(3)12-20(16)9-10-21-4/h12,14H,5-11,13H2,1-4H3,(H,18,19). The summed E-state index contributed by atoms with van der Waals surface area (Å²) in [5.74, 6) is 1.76. The first-order chi connectivity index (χ1) is 10.0. The lowest BCUT2D eigenvalue weighted by atomic mass is 9.78. The number of aromatic nitrogens is 2. The van der Waals surface area contributed by atoms with E-state index in [1.54, 1.807) is 7.11 Å². The lowest BCUT2D eigenvalue weighted by molar-refractivity contribution is 0.187. The van der Waals surface area contributed by atoms with Gasteiger partial charge in [0.1, 0.15) is 0 Å². The molecular formula is C17H31N3O. The number of hydrogen-bond donors (Lipinski definition) is 1. The maximum absolute atomic E-state index is 5.18. The summed E-state index contributed by atoms with van der Waals surface area (Å²) in [5.41, 5.74) is 1.54. The molecule has 0 spiro atoms. The van der Waals surface area contributed by atoms with E-state index in [1.807, 2.05) is 6.92 Å². The van der Waals surface area contributed by atoms with Crippen molar-refractivity contribution in [3.05, 3.63) is 11.9 Å². The molecule has 0 bridgehead atoms. The van der Waals surface area contributed by atoms with E-state index < -0.39 is 0 Å². The predicted octanol–water partition coefficient (Wildman–Crippen LogP) is 3.86. The highest BCUT2D eigenvalue weighted by atomic mass is 16.5. The number of anilines is 1. The summed E-state index contributed by atoms with van der Waals surface area (Å²) in [7, 11) is 1.74. The molecule has 120 valence electrons. The minimum absolute atomic E-state index is 0.472. The number of nitrogens with one attached hydrogen (secondary N) is 1. The van der Waals surface area contributed by atoms with E-state index in [1.165, 1.54) is 32.1 Å². The van der Waals surface area contributed by atoms with E-state index in [0.29, 0.717) is 5.41 Å². The zero-order valence-corrected chi connectivity index (χ0v) is 14.1. The summed E-state index contributed by atoms with van der Waals surface area (Å²) in [4.78, 5) is 4.63. The van der Waals surface area contributed by atoms with Gasteiger partial charge in [-0.3, -0.25) is 0 Å². The minimum Gasteiger partial charge on any atom is -0.383 e. The third-order valence-electron chi connectivity index (χ3n) is 4.56. The monoisotopic (exact) mass is 293 g/mol. The van der Waals surface area contributed by atoms with Gasteiger partial charge in [-0.05, 0) is 37.5 Å². The molecule has 0 radical (unpaired) electrons. The van der Waals surface area contributed by atoms with Gasteiger partial charge in [0.05, 0.1) is 12.3 Å². The number of rotatable bonds is 8. The van der Waals surface area contributed by atoms with Crippen LogP contribution in [-0.2, 0) is 11.3 Å². The van der Waals surface area contributed by atoms with Gasteiger partial charge in [-0.1, -0.05) is 26.7 Å². The summed E-state index contributed by atoms with van der Waals surface area (Å²) in [5, 5.41) is 3.63. The number of hydrogen-bond acceptors (Lipinski definition) is 3. The predicted molar refractivity (Wildman–Crippen MR) is 87.7 cm³/mol. The van der Waals surface area contributed by atoms with Crippen LogP contribution < -0.4 is 5.32 Å². The van der Waals surface area contributed by atoms with Crippen molar-refractivity contribution in [1.29, 1.82) is 0 Å². The van der Waals surface area contributed by atoms with Gasteiger partial charge in [0, 0.05) is 26.4 Å². The number of aryl methyl sites for hydroxylation is 1. The molecule has 4 nitrogen and oxygen atoms in total. The van der Waals surface area contributed by atoms with Gasteiger partial charge in [-0.2, -0.15) is 0 Å². The van der Waals surface area contributed by atoms with Crippen molar-refractivity contribution in [2.24, 2.45) is 11.3 Å². The third-order valence-corrected chi connectivity index (χ3v) is 4.56. The maximum Gasteiger partial charge on any atom is 0.203 e. The topological polar surface area (TPSA) is 39.1 Å². The zero-order valence-electron chi connectivity index (χ0n) is 14.1. The molecule has 0 saturated heterocycles. The Labute approximate surface area is 129 Å². The van der Waals surface area contributed by atoms with Gasteiger partial charge >= 0.3 is 0 Å². The quantitative estimate of drug-likeness (QED) is 0.791. The fourth-order valence-electron chi connectivity index (χ4n) is 3.76. The van der Waals surface area contributed by atoms with Crippen LogP contribution in [0.15, 0.2) is 6.20 Å². The molecule has 1 aromatic heterocycles. The molecule has 1 heterocycles. The Morgan fingerprint density at radius 1 is 1.38 bits per heavy atom. The lowest BCUT2D eigenvalue weighted by Crippen LogP contribution is -2.29. The summed E-state index contributed by atoms with van der Waals surface area (Å²) in [6, 6.07) is 0. The normalized spacial score (nSPS) is 17.6. The first-order valence-corrected chi connectivity index (χ1v) is 8.31. The van der Waals surface area contributed by atoms with E-state index in [2.05, 4.69) is 34.9 Å². The highest BCUT2D eigenvalue weighted by Crippen LogP contribution is 2.43. The summed E-state index contributed by atoms with van der Waals surface area (Å²) < 4.78 is 7.36. The number of nitrogens with zero attached hydrogens (tertiary/aromatic N) is 2. The Morgan fingerprint density at radius 2 is 2.10 bits per heavy atom. The third kappa shape index (κ3) is 4.47. The fraction of sp³-hybridized carbons (Fsp3) is 0.824. The van der Waals surface area contributed by atoms with Gasteiger partial charge in [0.15, 0.2) is 0 Å². The SMILES string of the molecule is COCCn1cc(C)nc1NCC1(CC(C)C)CCCC1. The van der Waals surface area contributed by atoms with Gasteiger partial charge in [0.25, 0.3) is 0 Å². The molecule has 0 unspecified atom stereocenters. The van der Waals surface area contributed by atoms with Gasteiger partial charge in [-0.25, -0.2) is 4.98 Å². The Hall–Kier alpha value is -1.03. The molecule has 2 rings (SSSR count). The second-order valence-corrected chi connectivity index (χ2v) is 7.05. The van der Waals surface area contributed by atoms with Crippen LogP contribution in [0.25, 0.3) is 0 Å². The molecule has 1 aliphatic rings. The highest BCUT2D eigenvalue weighted by molar-refractivity contribution is 5.29. The van der Waals surface area contributed by atoms with Crippen LogP contribution in [0.4, 0.5) is 5.95 Å². The second kappa shape index (κ2) is 7.30. The van der Waals surface area contributed by atoms with E-state index in [-0.39, 0.29) is 0 Å². The van der Waals surface area contributed by atoms with Gasteiger partial charge in [-0.15, -0.1) is 0 Å². The van der Waals surface area contributed by atoms with Crippen molar-refractivity contribution >= 4 is 5.95 Å². The number of methoxy groups -OCH3 is 1. The molecule has 21 heavy (non-hydrogen) atoms. The van der Waals surface area contributed by atoms with E-state index in [4.69, 9.17) is 4.74 Å². The molecule has 1 aliphatic carbocycles. The fourth-order valence-corrected chi connectivity index (χ4v) is 3.76. The minimum atomic E-state index is 0.472. The summed E-state index contributed by atoms with van der Waals surface area (Å²) in [6.07, 6.45) is 8.89. The summed E-state index contributed by atoms with van der Waals surface area (Å²) in [6.45, 7) is 9.36. The molecule has 0 amide bonds. The average molecular weight is 293 g/mol. The molecule has 0 aromatic carbocycles. The van der Waals surface area contributed by atoms with Crippen molar-refractivity contribution in [3.63, 3.8) is 0 Å². The lowest BCUT2D eigenvalue weighted by Gasteiger charge is -2.31. The Balaban J connectivity index is 2.00. The van der Waals surface area contributed by atoms with Gasteiger partial charge < -0.3 is 14.6 Å². The molecule has 1 aromatic rings. The van der Waals surface area contributed by atoms with E-state index >= 15 is 0 Å². The first-order valence-electron chi connectivity index (χ1n) is 8.31. The van der Waals surface area contributed by atoms with Crippen molar-refractivity contribution in [2.45, 2.75) is 59.4 Å². The van der Waals surface area contributed by atoms with Crippen LogP contribution in [0.2, 0.25) is 0 Å². The van der Waals surface area contributed by atoms with E-state index in [0.717, 1.165) is 37.3 Å². The Morgan fingerprint density at radius 3 is 2.71 bits per heavy atom. The van der Waals surface area contributed by atoms with Crippen LogP contribution in [-0.4, -0.2) is 29.8 Å². The Bertz CT molecular complexity index is 433. The van der Waals surface area contributed by atoms with Crippen LogP contribution in [0.3, 0.4) is 0 Å². The maximum atomic E-state index is 5.18. The van der Waals surface area contributed by atoms with Gasteiger partial charge in [0.2, 0.25) is 5.95 Å². The van der Waals surface area contributed by atoms with Crippen LogP contribution in [0.1, 0.15) is 51.6 Å². The first kappa shape index (κ1) is 16.3.